The molecule has 0 saturated carbocycles. The summed E-state index contributed by atoms with van der Waals surface area (Å²) in [4.78, 5) is 24.6. The first-order valence-electron chi connectivity index (χ1n) is 6.92. The standard InChI is InChI=1S/C17H14ClNO3/c1-9(2)19-17(21)10-3-5-14-12(7-10)16(20)13-8-11(18)4-6-15(13)22-14/h3-9H,1-2H3,(H,19,21). The minimum atomic E-state index is -0.220. The van der Waals surface area contributed by atoms with Crippen LogP contribution in [0.3, 0.4) is 0 Å². The summed E-state index contributed by atoms with van der Waals surface area (Å²) in [5.74, 6) is -0.220. The van der Waals surface area contributed by atoms with E-state index in [1.807, 2.05) is 13.8 Å². The molecule has 0 fully saturated rings. The van der Waals surface area contributed by atoms with E-state index in [2.05, 4.69) is 5.32 Å². The molecule has 22 heavy (non-hydrogen) atoms. The van der Waals surface area contributed by atoms with Crippen molar-refractivity contribution in [1.82, 2.24) is 5.32 Å². The molecule has 0 aliphatic rings. The third kappa shape index (κ3) is 2.57. The predicted molar refractivity (Wildman–Crippen MR) is 87.6 cm³/mol. The van der Waals surface area contributed by atoms with Crippen molar-refractivity contribution < 1.29 is 9.21 Å². The lowest BCUT2D eigenvalue weighted by atomic mass is 10.1. The Hall–Kier alpha value is -2.33. The molecule has 1 amide bonds. The van der Waals surface area contributed by atoms with Crippen LogP contribution in [0.2, 0.25) is 5.02 Å². The molecule has 0 spiro atoms. The highest BCUT2D eigenvalue weighted by Crippen LogP contribution is 2.22. The quantitative estimate of drug-likeness (QED) is 0.733. The second-order valence-corrected chi connectivity index (χ2v) is 5.85. The molecule has 0 bridgehead atoms. The van der Waals surface area contributed by atoms with E-state index in [0.717, 1.165) is 0 Å². The van der Waals surface area contributed by atoms with Crippen molar-refractivity contribution in [3.8, 4) is 0 Å². The van der Waals surface area contributed by atoms with Crippen LogP contribution >= 0.6 is 11.6 Å². The molecule has 0 atom stereocenters. The van der Waals surface area contributed by atoms with Crippen LogP contribution in [-0.4, -0.2) is 11.9 Å². The maximum absolute atomic E-state index is 12.6. The van der Waals surface area contributed by atoms with E-state index in [-0.39, 0.29) is 17.4 Å². The fraction of sp³-hybridized carbons (Fsp3) is 0.176. The Balaban J connectivity index is 2.23. The van der Waals surface area contributed by atoms with E-state index < -0.39 is 0 Å². The maximum atomic E-state index is 12.6. The average molecular weight is 316 g/mol. The lowest BCUT2D eigenvalue weighted by molar-refractivity contribution is 0.0943. The minimum Gasteiger partial charge on any atom is -0.456 e. The van der Waals surface area contributed by atoms with E-state index in [1.165, 1.54) is 0 Å². The van der Waals surface area contributed by atoms with E-state index >= 15 is 0 Å². The van der Waals surface area contributed by atoms with Gasteiger partial charge in [-0.2, -0.15) is 0 Å². The van der Waals surface area contributed by atoms with Gasteiger partial charge in [-0.05, 0) is 50.2 Å². The van der Waals surface area contributed by atoms with Gasteiger partial charge in [0.25, 0.3) is 5.91 Å². The molecule has 1 heterocycles. The van der Waals surface area contributed by atoms with Gasteiger partial charge in [-0.3, -0.25) is 9.59 Å². The first kappa shape index (κ1) is 14.6. The normalized spacial score (nSPS) is 11.3. The van der Waals surface area contributed by atoms with Crippen LogP contribution in [-0.2, 0) is 0 Å². The Bertz CT molecular complexity index is 944. The SMILES string of the molecule is CC(C)NC(=O)c1ccc2oc3ccc(Cl)cc3c(=O)c2c1. The molecule has 1 aromatic heterocycles. The van der Waals surface area contributed by atoms with Gasteiger partial charge in [0, 0.05) is 16.6 Å². The summed E-state index contributed by atoms with van der Waals surface area (Å²) in [5, 5.41) is 4.03. The van der Waals surface area contributed by atoms with Gasteiger partial charge in [0.15, 0.2) is 0 Å². The second-order valence-electron chi connectivity index (χ2n) is 5.41. The molecule has 5 heteroatoms. The van der Waals surface area contributed by atoms with E-state index in [0.29, 0.717) is 32.5 Å². The summed E-state index contributed by atoms with van der Waals surface area (Å²) < 4.78 is 5.71. The van der Waals surface area contributed by atoms with Crippen molar-refractivity contribution in [2.75, 3.05) is 0 Å². The lowest BCUT2D eigenvalue weighted by Crippen LogP contribution is -2.30. The molecular formula is C17H14ClNO3. The number of benzene rings is 2. The third-order valence-corrected chi connectivity index (χ3v) is 3.55. The molecule has 2 aromatic carbocycles. The fourth-order valence-electron chi connectivity index (χ4n) is 2.32. The van der Waals surface area contributed by atoms with Crippen molar-refractivity contribution in [2.24, 2.45) is 0 Å². The molecular weight excluding hydrogens is 302 g/mol. The summed E-state index contributed by atoms with van der Waals surface area (Å²) in [7, 11) is 0. The van der Waals surface area contributed by atoms with Gasteiger partial charge in [0.2, 0.25) is 5.43 Å². The highest BCUT2D eigenvalue weighted by molar-refractivity contribution is 6.31. The third-order valence-electron chi connectivity index (χ3n) is 3.31. The smallest absolute Gasteiger partial charge is 0.251 e. The Morgan fingerprint density at radius 3 is 2.41 bits per heavy atom. The molecule has 3 rings (SSSR count). The average Bonchev–Trinajstić information content (AvgIpc) is 2.47. The Morgan fingerprint density at radius 2 is 1.73 bits per heavy atom. The van der Waals surface area contributed by atoms with Crippen molar-refractivity contribution in [1.29, 1.82) is 0 Å². The zero-order valence-electron chi connectivity index (χ0n) is 12.1. The van der Waals surface area contributed by atoms with Gasteiger partial charge in [0.1, 0.15) is 11.2 Å². The predicted octanol–water partition coefficient (Wildman–Crippen LogP) is 3.74. The summed E-state index contributed by atoms with van der Waals surface area (Å²) in [6, 6.07) is 9.77. The number of nitrogens with one attached hydrogen (secondary N) is 1. The van der Waals surface area contributed by atoms with Crippen LogP contribution in [0.1, 0.15) is 24.2 Å². The summed E-state index contributed by atoms with van der Waals surface area (Å²) in [5.41, 5.74) is 1.15. The number of carbonyl (C=O) groups is 1. The number of hydrogen-bond acceptors (Lipinski definition) is 3. The summed E-state index contributed by atoms with van der Waals surface area (Å²) in [6.07, 6.45) is 0. The van der Waals surface area contributed by atoms with E-state index in [1.54, 1.807) is 36.4 Å². The first-order valence-corrected chi connectivity index (χ1v) is 7.30. The van der Waals surface area contributed by atoms with Crippen LogP contribution in [0.15, 0.2) is 45.6 Å². The first-order chi connectivity index (χ1) is 10.5. The number of fused-ring (bicyclic) bond motifs is 2. The van der Waals surface area contributed by atoms with Crippen LogP contribution in [0.25, 0.3) is 21.9 Å². The molecule has 1 N–H and O–H groups in total. The van der Waals surface area contributed by atoms with Crippen LogP contribution < -0.4 is 10.7 Å². The Kier molecular flexibility index (Phi) is 3.62. The van der Waals surface area contributed by atoms with Crippen molar-refractivity contribution in [3.63, 3.8) is 0 Å². The number of rotatable bonds is 2. The van der Waals surface area contributed by atoms with Gasteiger partial charge < -0.3 is 9.73 Å². The Labute approximate surface area is 131 Å². The van der Waals surface area contributed by atoms with Crippen LogP contribution in [0, 0.1) is 0 Å². The molecule has 0 aliphatic heterocycles. The topological polar surface area (TPSA) is 59.3 Å². The monoisotopic (exact) mass is 315 g/mol. The Morgan fingerprint density at radius 1 is 1.09 bits per heavy atom. The number of amides is 1. The second kappa shape index (κ2) is 5.46. The minimum absolute atomic E-state index is 0.0232. The van der Waals surface area contributed by atoms with E-state index in [9.17, 15) is 9.59 Å². The van der Waals surface area contributed by atoms with Gasteiger partial charge >= 0.3 is 0 Å². The highest BCUT2D eigenvalue weighted by atomic mass is 35.5. The number of halogens is 1. The molecule has 0 aliphatic carbocycles. The molecule has 0 saturated heterocycles. The molecule has 0 unspecified atom stereocenters. The van der Waals surface area contributed by atoms with Crippen molar-refractivity contribution >= 4 is 39.4 Å². The molecule has 4 nitrogen and oxygen atoms in total. The summed E-state index contributed by atoms with van der Waals surface area (Å²) in [6.45, 7) is 3.76. The lowest BCUT2D eigenvalue weighted by Gasteiger charge is -2.09. The summed E-state index contributed by atoms with van der Waals surface area (Å²) >= 11 is 5.94. The van der Waals surface area contributed by atoms with Gasteiger partial charge in [-0.15, -0.1) is 0 Å². The largest absolute Gasteiger partial charge is 0.456 e. The van der Waals surface area contributed by atoms with Gasteiger partial charge in [0.05, 0.1) is 10.8 Å². The van der Waals surface area contributed by atoms with Crippen LogP contribution in [0.4, 0.5) is 0 Å². The molecule has 112 valence electrons. The fourth-order valence-corrected chi connectivity index (χ4v) is 2.49. The highest BCUT2D eigenvalue weighted by Gasteiger charge is 2.12. The number of carbonyl (C=O) groups excluding carboxylic acids is 1. The van der Waals surface area contributed by atoms with Gasteiger partial charge in [-0.25, -0.2) is 0 Å². The molecule has 0 radical (unpaired) electrons. The maximum Gasteiger partial charge on any atom is 0.251 e. The zero-order chi connectivity index (χ0) is 15.9. The van der Waals surface area contributed by atoms with Crippen molar-refractivity contribution in [3.05, 3.63) is 57.2 Å². The van der Waals surface area contributed by atoms with Gasteiger partial charge in [-0.1, -0.05) is 11.6 Å². The van der Waals surface area contributed by atoms with Crippen molar-refractivity contribution in [2.45, 2.75) is 19.9 Å². The molecule has 3 aromatic rings. The van der Waals surface area contributed by atoms with Crippen LogP contribution in [0.5, 0.6) is 0 Å². The zero-order valence-corrected chi connectivity index (χ0v) is 12.9. The number of hydrogen-bond donors (Lipinski definition) is 1. The van der Waals surface area contributed by atoms with E-state index in [4.69, 9.17) is 16.0 Å².